The minimum absolute atomic E-state index is 0.150. The molecule has 0 atom stereocenters. The Kier molecular flexibility index (Phi) is 3.99. The number of hydrogen-bond acceptors (Lipinski definition) is 3. The van der Waals surface area contributed by atoms with Crippen LogP contribution in [0.5, 0.6) is 0 Å². The highest BCUT2D eigenvalue weighted by molar-refractivity contribution is 5.58. The quantitative estimate of drug-likeness (QED) is 0.865. The summed E-state index contributed by atoms with van der Waals surface area (Å²) < 4.78 is 0. The number of benzene rings is 1. The van der Waals surface area contributed by atoms with Gasteiger partial charge in [0.05, 0.1) is 0 Å². The van der Waals surface area contributed by atoms with Crippen LogP contribution in [0.2, 0.25) is 0 Å². The Morgan fingerprint density at radius 1 is 1.30 bits per heavy atom. The topological polar surface area (TPSA) is 35.5 Å². The van der Waals surface area contributed by atoms with Crippen LogP contribution in [0.1, 0.15) is 36.8 Å². The summed E-state index contributed by atoms with van der Waals surface area (Å²) in [7, 11) is 2.16. The van der Waals surface area contributed by atoms with Crippen LogP contribution in [-0.2, 0) is 13.0 Å². The lowest BCUT2D eigenvalue weighted by Crippen LogP contribution is -2.34. The first-order valence-electron chi connectivity index (χ1n) is 7.87. The SMILES string of the molecule is CN1CCc2cc(CNCC3(CO)CCCC3)ccc21. The Hall–Kier alpha value is -1.06. The molecule has 0 radical (unpaired) electrons. The lowest BCUT2D eigenvalue weighted by molar-refractivity contribution is 0.128. The number of aliphatic hydroxyl groups is 1. The second kappa shape index (κ2) is 5.74. The molecule has 3 nitrogen and oxygen atoms in total. The molecule has 20 heavy (non-hydrogen) atoms. The molecule has 110 valence electrons. The predicted octanol–water partition coefficient (Wildman–Crippen LogP) is 2.32. The van der Waals surface area contributed by atoms with Crippen molar-refractivity contribution >= 4 is 5.69 Å². The van der Waals surface area contributed by atoms with Gasteiger partial charge in [0, 0.05) is 44.4 Å². The van der Waals surface area contributed by atoms with Gasteiger partial charge in [0.2, 0.25) is 0 Å². The van der Waals surface area contributed by atoms with Crippen LogP contribution in [0.15, 0.2) is 18.2 Å². The van der Waals surface area contributed by atoms with Crippen LogP contribution in [0.25, 0.3) is 0 Å². The first-order chi connectivity index (χ1) is 9.72. The standard InChI is InChI=1S/C17H26N2O/c1-19-9-6-15-10-14(4-5-16(15)19)11-18-12-17(13-20)7-2-3-8-17/h4-5,10,18,20H,2-3,6-9,11-13H2,1H3. The Balaban J connectivity index is 1.56. The second-order valence-corrected chi connectivity index (χ2v) is 6.60. The molecule has 3 heteroatoms. The molecule has 0 amide bonds. The molecule has 2 N–H and O–H groups in total. The minimum Gasteiger partial charge on any atom is -0.396 e. The van der Waals surface area contributed by atoms with Gasteiger partial charge in [-0.1, -0.05) is 25.0 Å². The summed E-state index contributed by atoms with van der Waals surface area (Å²) in [6, 6.07) is 6.82. The van der Waals surface area contributed by atoms with E-state index in [-0.39, 0.29) is 5.41 Å². The van der Waals surface area contributed by atoms with Gasteiger partial charge in [-0.2, -0.15) is 0 Å². The lowest BCUT2D eigenvalue weighted by atomic mass is 9.87. The maximum atomic E-state index is 9.62. The van der Waals surface area contributed by atoms with Crippen molar-refractivity contribution in [2.24, 2.45) is 5.41 Å². The zero-order chi connectivity index (χ0) is 14.0. The Morgan fingerprint density at radius 2 is 2.10 bits per heavy atom. The number of rotatable bonds is 5. The number of nitrogens with zero attached hydrogens (tertiary/aromatic N) is 1. The highest BCUT2D eigenvalue weighted by atomic mass is 16.3. The van der Waals surface area contributed by atoms with Crippen molar-refractivity contribution in [2.75, 3.05) is 31.6 Å². The van der Waals surface area contributed by atoms with E-state index in [2.05, 4.69) is 35.5 Å². The third-order valence-corrected chi connectivity index (χ3v) is 5.10. The number of fused-ring (bicyclic) bond motifs is 1. The highest BCUT2D eigenvalue weighted by Crippen LogP contribution is 2.37. The second-order valence-electron chi connectivity index (χ2n) is 6.60. The van der Waals surface area contributed by atoms with Crippen molar-refractivity contribution in [3.63, 3.8) is 0 Å². The molecule has 1 aromatic rings. The van der Waals surface area contributed by atoms with Crippen LogP contribution in [-0.4, -0.2) is 31.9 Å². The molecule has 1 aliphatic heterocycles. The summed E-state index contributed by atoms with van der Waals surface area (Å²) in [4.78, 5) is 2.33. The van der Waals surface area contributed by atoms with Crippen LogP contribution in [0.3, 0.4) is 0 Å². The molecule has 0 saturated heterocycles. The van der Waals surface area contributed by atoms with Gasteiger partial charge in [0.1, 0.15) is 0 Å². The zero-order valence-corrected chi connectivity index (χ0v) is 12.5. The Bertz CT molecular complexity index is 466. The van der Waals surface area contributed by atoms with E-state index in [4.69, 9.17) is 0 Å². The molecular weight excluding hydrogens is 248 g/mol. The molecule has 0 unspecified atom stereocenters. The summed E-state index contributed by atoms with van der Waals surface area (Å²) in [6.07, 6.45) is 6.05. The first-order valence-corrected chi connectivity index (χ1v) is 7.87. The van der Waals surface area contributed by atoms with Gasteiger partial charge >= 0.3 is 0 Å². The van der Waals surface area contributed by atoms with Gasteiger partial charge in [0.15, 0.2) is 0 Å². The summed E-state index contributed by atoms with van der Waals surface area (Å²) in [5, 5.41) is 13.2. The zero-order valence-electron chi connectivity index (χ0n) is 12.5. The van der Waals surface area contributed by atoms with E-state index in [1.54, 1.807) is 0 Å². The average Bonchev–Trinajstić information content (AvgIpc) is 3.07. The molecule has 0 bridgehead atoms. The van der Waals surface area contributed by atoms with Gasteiger partial charge in [-0.25, -0.2) is 0 Å². The molecule has 1 saturated carbocycles. The molecule has 2 aliphatic rings. The van der Waals surface area contributed by atoms with E-state index in [1.807, 2.05) is 0 Å². The van der Waals surface area contributed by atoms with Gasteiger partial charge in [-0.3, -0.25) is 0 Å². The minimum atomic E-state index is 0.150. The van der Waals surface area contributed by atoms with Crippen molar-refractivity contribution < 1.29 is 5.11 Å². The number of hydrogen-bond donors (Lipinski definition) is 2. The average molecular weight is 274 g/mol. The highest BCUT2D eigenvalue weighted by Gasteiger charge is 2.32. The van der Waals surface area contributed by atoms with Crippen LogP contribution < -0.4 is 10.2 Å². The number of likely N-dealkylation sites (N-methyl/N-ethyl adjacent to an activating group) is 1. The predicted molar refractivity (Wildman–Crippen MR) is 83.1 cm³/mol. The van der Waals surface area contributed by atoms with E-state index in [1.165, 1.54) is 48.9 Å². The van der Waals surface area contributed by atoms with Gasteiger partial charge in [0.25, 0.3) is 0 Å². The summed E-state index contributed by atoms with van der Waals surface area (Å²) in [5.74, 6) is 0. The summed E-state index contributed by atoms with van der Waals surface area (Å²) >= 11 is 0. The monoisotopic (exact) mass is 274 g/mol. The normalized spacial score (nSPS) is 20.4. The van der Waals surface area contributed by atoms with Crippen molar-refractivity contribution in [3.8, 4) is 0 Å². The molecular formula is C17H26N2O. The van der Waals surface area contributed by atoms with E-state index in [0.29, 0.717) is 6.61 Å². The Morgan fingerprint density at radius 3 is 2.85 bits per heavy atom. The molecule has 1 aromatic carbocycles. The third kappa shape index (κ3) is 2.70. The van der Waals surface area contributed by atoms with Gasteiger partial charge in [-0.05, 0) is 36.5 Å². The van der Waals surface area contributed by atoms with Crippen molar-refractivity contribution in [2.45, 2.75) is 38.6 Å². The van der Waals surface area contributed by atoms with E-state index in [9.17, 15) is 5.11 Å². The number of nitrogens with one attached hydrogen (secondary N) is 1. The molecule has 3 rings (SSSR count). The maximum Gasteiger partial charge on any atom is 0.0499 e. The van der Waals surface area contributed by atoms with Crippen molar-refractivity contribution in [1.29, 1.82) is 0 Å². The summed E-state index contributed by atoms with van der Waals surface area (Å²) in [5.41, 5.74) is 4.38. The molecule has 1 fully saturated rings. The van der Waals surface area contributed by atoms with E-state index >= 15 is 0 Å². The maximum absolute atomic E-state index is 9.62. The first kappa shape index (κ1) is 13.9. The lowest BCUT2D eigenvalue weighted by Gasteiger charge is -2.26. The molecule has 1 aliphatic carbocycles. The summed E-state index contributed by atoms with van der Waals surface area (Å²) in [6.45, 7) is 3.33. The fraction of sp³-hybridized carbons (Fsp3) is 0.647. The van der Waals surface area contributed by atoms with Gasteiger partial charge < -0.3 is 15.3 Å². The largest absolute Gasteiger partial charge is 0.396 e. The molecule has 0 aromatic heterocycles. The number of aliphatic hydroxyl groups excluding tert-OH is 1. The smallest absolute Gasteiger partial charge is 0.0499 e. The van der Waals surface area contributed by atoms with Crippen LogP contribution >= 0.6 is 0 Å². The third-order valence-electron chi connectivity index (χ3n) is 5.10. The molecule has 1 heterocycles. The van der Waals surface area contributed by atoms with E-state index < -0.39 is 0 Å². The van der Waals surface area contributed by atoms with Gasteiger partial charge in [-0.15, -0.1) is 0 Å². The fourth-order valence-electron chi connectivity index (χ4n) is 3.72. The molecule has 0 spiro atoms. The van der Waals surface area contributed by atoms with Crippen molar-refractivity contribution in [3.05, 3.63) is 29.3 Å². The van der Waals surface area contributed by atoms with Crippen molar-refractivity contribution in [1.82, 2.24) is 5.32 Å². The van der Waals surface area contributed by atoms with E-state index in [0.717, 1.165) is 19.6 Å². The fourth-order valence-corrected chi connectivity index (χ4v) is 3.72. The van der Waals surface area contributed by atoms with Crippen LogP contribution in [0.4, 0.5) is 5.69 Å². The Labute approximate surface area is 122 Å². The number of anilines is 1. The van der Waals surface area contributed by atoms with Crippen LogP contribution in [0, 0.1) is 5.41 Å².